The number of carbonyl (C=O) groups is 1. The van der Waals surface area contributed by atoms with Crippen LogP contribution >= 0.6 is 0 Å². The number of carbonyl (C=O) groups excluding carboxylic acids is 1. The van der Waals surface area contributed by atoms with Gasteiger partial charge in [0.05, 0.1) is 11.0 Å². The Morgan fingerprint density at radius 3 is 2.50 bits per heavy atom. The first-order valence-corrected chi connectivity index (χ1v) is 6.01. The highest BCUT2D eigenvalue weighted by molar-refractivity contribution is 5.97. The number of amides is 1. The van der Waals surface area contributed by atoms with Gasteiger partial charge in [0, 0.05) is 25.1 Å². The van der Waals surface area contributed by atoms with Crippen LogP contribution in [-0.2, 0) is 5.41 Å². The third-order valence-electron chi connectivity index (χ3n) is 2.85. The molecule has 2 aromatic rings. The predicted molar refractivity (Wildman–Crippen MR) is 72.8 cm³/mol. The van der Waals surface area contributed by atoms with Gasteiger partial charge in [-0.05, 0) is 18.2 Å². The summed E-state index contributed by atoms with van der Waals surface area (Å²) in [4.78, 5) is 21.3. The van der Waals surface area contributed by atoms with Crippen molar-refractivity contribution < 1.29 is 4.79 Å². The second kappa shape index (κ2) is 4.12. The molecule has 0 radical (unpaired) electrons. The van der Waals surface area contributed by atoms with E-state index >= 15 is 0 Å². The van der Waals surface area contributed by atoms with Crippen molar-refractivity contribution in [1.82, 2.24) is 14.9 Å². The highest BCUT2D eigenvalue weighted by Gasteiger charge is 2.18. The third-order valence-corrected chi connectivity index (χ3v) is 2.85. The Labute approximate surface area is 107 Å². The van der Waals surface area contributed by atoms with Crippen molar-refractivity contribution >= 4 is 16.9 Å². The average Bonchev–Trinajstić information content (AvgIpc) is 2.69. The summed E-state index contributed by atoms with van der Waals surface area (Å²) in [6, 6.07) is 5.57. The van der Waals surface area contributed by atoms with Gasteiger partial charge in [0.15, 0.2) is 0 Å². The van der Waals surface area contributed by atoms with Crippen LogP contribution in [0.5, 0.6) is 0 Å². The van der Waals surface area contributed by atoms with Crippen LogP contribution < -0.4 is 0 Å². The maximum Gasteiger partial charge on any atom is 0.253 e. The van der Waals surface area contributed by atoms with E-state index in [9.17, 15) is 4.79 Å². The van der Waals surface area contributed by atoms with Crippen molar-refractivity contribution in [2.45, 2.75) is 26.2 Å². The largest absolute Gasteiger partial charge is 0.345 e. The fraction of sp³-hybridized carbons (Fsp3) is 0.429. The molecule has 1 aromatic heterocycles. The van der Waals surface area contributed by atoms with E-state index in [0.29, 0.717) is 5.56 Å². The quantitative estimate of drug-likeness (QED) is 0.839. The SMILES string of the molecule is CN(C)C(=O)c1ccc2nc(C(C)(C)C)[nH]c2c1. The van der Waals surface area contributed by atoms with E-state index in [2.05, 4.69) is 30.7 Å². The molecule has 0 spiro atoms. The molecule has 1 heterocycles. The van der Waals surface area contributed by atoms with Crippen LogP contribution in [-0.4, -0.2) is 34.9 Å². The topological polar surface area (TPSA) is 49.0 Å². The van der Waals surface area contributed by atoms with Crippen molar-refractivity contribution in [3.05, 3.63) is 29.6 Å². The molecule has 96 valence electrons. The molecule has 4 nitrogen and oxygen atoms in total. The smallest absolute Gasteiger partial charge is 0.253 e. The summed E-state index contributed by atoms with van der Waals surface area (Å²) in [7, 11) is 3.50. The maximum absolute atomic E-state index is 11.9. The predicted octanol–water partition coefficient (Wildman–Crippen LogP) is 2.56. The van der Waals surface area contributed by atoms with Crippen LogP contribution in [0.15, 0.2) is 18.2 Å². The molecule has 2 rings (SSSR count). The number of hydrogen-bond acceptors (Lipinski definition) is 2. The Balaban J connectivity index is 2.49. The van der Waals surface area contributed by atoms with Crippen LogP contribution in [0.2, 0.25) is 0 Å². The van der Waals surface area contributed by atoms with Gasteiger partial charge >= 0.3 is 0 Å². The Hall–Kier alpha value is -1.84. The van der Waals surface area contributed by atoms with Crippen molar-refractivity contribution in [3.63, 3.8) is 0 Å². The van der Waals surface area contributed by atoms with E-state index in [0.717, 1.165) is 16.9 Å². The zero-order valence-corrected chi connectivity index (χ0v) is 11.5. The van der Waals surface area contributed by atoms with Gasteiger partial charge in [-0.25, -0.2) is 4.98 Å². The molecule has 0 unspecified atom stereocenters. The van der Waals surface area contributed by atoms with Crippen LogP contribution in [0.4, 0.5) is 0 Å². The highest BCUT2D eigenvalue weighted by atomic mass is 16.2. The van der Waals surface area contributed by atoms with Gasteiger partial charge < -0.3 is 9.88 Å². The number of imidazole rings is 1. The van der Waals surface area contributed by atoms with Crippen molar-refractivity contribution in [2.24, 2.45) is 0 Å². The number of aromatic nitrogens is 2. The zero-order valence-electron chi connectivity index (χ0n) is 11.5. The van der Waals surface area contributed by atoms with Crippen molar-refractivity contribution in [1.29, 1.82) is 0 Å². The van der Waals surface area contributed by atoms with Gasteiger partial charge in [-0.1, -0.05) is 20.8 Å². The number of aromatic amines is 1. The number of rotatable bonds is 1. The lowest BCUT2D eigenvalue weighted by Crippen LogP contribution is -2.21. The van der Waals surface area contributed by atoms with E-state index in [4.69, 9.17) is 0 Å². The fourth-order valence-electron chi connectivity index (χ4n) is 1.76. The number of nitrogens with zero attached hydrogens (tertiary/aromatic N) is 2. The number of benzene rings is 1. The lowest BCUT2D eigenvalue weighted by Gasteiger charge is -2.13. The van der Waals surface area contributed by atoms with E-state index < -0.39 is 0 Å². The summed E-state index contributed by atoms with van der Waals surface area (Å²) >= 11 is 0. The van der Waals surface area contributed by atoms with E-state index in [1.54, 1.807) is 19.0 Å². The van der Waals surface area contributed by atoms with Crippen LogP contribution in [0.3, 0.4) is 0 Å². The van der Waals surface area contributed by atoms with Gasteiger partial charge in [0.2, 0.25) is 0 Å². The Kier molecular flexibility index (Phi) is 2.89. The minimum absolute atomic E-state index is 0.00353. The first-order valence-electron chi connectivity index (χ1n) is 6.01. The summed E-state index contributed by atoms with van der Waals surface area (Å²) in [6.45, 7) is 6.32. The number of H-pyrrole nitrogens is 1. The molecule has 0 fully saturated rings. The molecule has 0 bridgehead atoms. The summed E-state index contributed by atoms with van der Waals surface area (Å²) in [5, 5.41) is 0. The lowest BCUT2D eigenvalue weighted by molar-refractivity contribution is 0.0828. The van der Waals surface area contributed by atoms with Crippen LogP contribution in [0.1, 0.15) is 37.0 Å². The summed E-state index contributed by atoms with van der Waals surface area (Å²) in [5.41, 5.74) is 2.46. The Morgan fingerprint density at radius 1 is 1.28 bits per heavy atom. The third kappa shape index (κ3) is 2.23. The normalized spacial score (nSPS) is 11.8. The molecule has 1 aromatic carbocycles. The number of fused-ring (bicyclic) bond motifs is 1. The van der Waals surface area contributed by atoms with E-state index in [1.165, 1.54) is 0 Å². The lowest BCUT2D eigenvalue weighted by atomic mass is 9.96. The molecule has 0 saturated carbocycles. The first-order chi connectivity index (χ1) is 8.29. The van der Waals surface area contributed by atoms with Gasteiger partial charge in [0.1, 0.15) is 5.82 Å². The number of nitrogens with one attached hydrogen (secondary N) is 1. The van der Waals surface area contributed by atoms with Gasteiger partial charge in [-0.15, -0.1) is 0 Å². The van der Waals surface area contributed by atoms with Crippen molar-refractivity contribution in [2.75, 3.05) is 14.1 Å². The van der Waals surface area contributed by atoms with E-state index in [-0.39, 0.29) is 11.3 Å². The minimum Gasteiger partial charge on any atom is -0.345 e. The Bertz CT molecular complexity index is 591. The number of hydrogen-bond donors (Lipinski definition) is 1. The maximum atomic E-state index is 11.9. The fourth-order valence-corrected chi connectivity index (χ4v) is 1.76. The van der Waals surface area contributed by atoms with E-state index in [1.807, 2.05) is 18.2 Å². The second-order valence-electron chi connectivity index (χ2n) is 5.77. The molecular weight excluding hydrogens is 226 g/mol. The van der Waals surface area contributed by atoms with Gasteiger partial charge in [-0.3, -0.25) is 4.79 Å². The average molecular weight is 245 g/mol. The van der Waals surface area contributed by atoms with Gasteiger partial charge in [-0.2, -0.15) is 0 Å². The summed E-state index contributed by atoms with van der Waals surface area (Å²) < 4.78 is 0. The molecule has 0 aliphatic carbocycles. The molecule has 0 atom stereocenters. The molecular formula is C14H19N3O. The molecule has 0 saturated heterocycles. The molecule has 0 aliphatic heterocycles. The van der Waals surface area contributed by atoms with Gasteiger partial charge in [0.25, 0.3) is 5.91 Å². The first kappa shape index (κ1) is 12.6. The summed E-state index contributed by atoms with van der Waals surface area (Å²) in [6.07, 6.45) is 0. The van der Waals surface area contributed by atoms with Crippen LogP contribution in [0, 0.1) is 0 Å². The monoisotopic (exact) mass is 245 g/mol. The molecule has 0 aliphatic rings. The molecule has 4 heteroatoms. The standard InChI is InChI=1S/C14H19N3O/c1-14(2,3)13-15-10-7-6-9(8-11(10)16-13)12(18)17(4)5/h6-8H,1-5H3,(H,15,16). The van der Waals surface area contributed by atoms with Crippen molar-refractivity contribution in [3.8, 4) is 0 Å². The van der Waals surface area contributed by atoms with Crippen LogP contribution in [0.25, 0.3) is 11.0 Å². The zero-order chi connectivity index (χ0) is 13.5. The minimum atomic E-state index is -0.0231. The molecule has 18 heavy (non-hydrogen) atoms. The Morgan fingerprint density at radius 2 is 1.94 bits per heavy atom. The molecule has 1 amide bonds. The second-order valence-corrected chi connectivity index (χ2v) is 5.77. The summed E-state index contributed by atoms with van der Waals surface area (Å²) in [5.74, 6) is 0.941. The molecule has 1 N–H and O–H groups in total. The highest BCUT2D eigenvalue weighted by Crippen LogP contribution is 2.23.